The summed E-state index contributed by atoms with van der Waals surface area (Å²) in [6, 6.07) is 7.35. The summed E-state index contributed by atoms with van der Waals surface area (Å²) in [6.45, 7) is 3.80. The Morgan fingerprint density at radius 1 is 1.42 bits per heavy atom. The highest BCUT2D eigenvalue weighted by Crippen LogP contribution is 2.18. The molecule has 1 aromatic rings. The first kappa shape index (κ1) is 16.1. The number of halogens is 1. The standard InChI is InChI=1S/C15H25FN2O/c1-12(11-19-4)18(3)9-8-15(17-2)13-6-5-7-14(16)10-13/h5-7,10,12,15,17H,8-9,11H2,1-4H3. The normalized spacial score (nSPS) is 14.6. The third-order valence-corrected chi connectivity index (χ3v) is 3.53. The third kappa shape index (κ3) is 5.27. The number of nitrogens with one attached hydrogen (secondary N) is 1. The lowest BCUT2D eigenvalue weighted by Gasteiger charge is -2.26. The van der Waals surface area contributed by atoms with Crippen LogP contribution in [0.3, 0.4) is 0 Å². The number of benzene rings is 1. The highest BCUT2D eigenvalue weighted by molar-refractivity contribution is 5.20. The monoisotopic (exact) mass is 268 g/mol. The summed E-state index contributed by atoms with van der Waals surface area (Å²) in [5, 5.41) is 3.25. The lowest BCUT2D eigenvalue weighted by atomic mass is 10.0. The second-order valence-electron chi connectivity index (χ2n) is 4.97. The molecule has 4 heteroatoms. The van der Waals surface area contributed by atoms with Gasteiger partial charge in [-0.25, -0.2) is 4.39 Å². The lowest BCUT2D eigenvalue weighted by Crippen LogP contribution is -2.35. The average molecular weight is 268 g/mol. The lowest BCUT2D eigenvalue weighted by molar-refractivity contribution is 0.113. The molecule has 0 aliphatic rings. The van der Waals surface area contributed by atoms with Gasteiger partial charge in [0.1, 0.15) is 5.82 Å². The van der Waals surface area contributed by atoms with Crippen molar-refractivity contribution in [3.63, 3.8) is 0 Å². The van der Waals surface area contributed by atoms with Crippen molar-refractivity contribution in [2.24, 2.45) is 0 Å². The zero-order valence-electron chi connectivity index (χ0n) is 12.3. The fourth-order valence-electron chi connectivity index (χ4n) is 2.12. The Balaban J connectivity index is 2.53. The van der Waals surface area contributed by atoms with Gasteiger partial charge in [-0.15, -0.1) is 0 Å². The molecule has 1 aromatic carbocycles. The second kappa shape index (κ2) is 8.25. The molecule has 1 rings (SSSR count). The molecule has 19 heavy (non-hydrogen) atoms. The minimum atomic E-state index is -0.182. The van der Waals surface area contributed by atoms with Crippen molar-refractivity contribution in [3.8, 4) is 0 Å². The van der Waals surface area contributed by atoms with Gasteiger partial charge in [0.25, 0.3) is 0 Å². The summed E-state index contributed by atoms with van der Waals surface area (Å²) in [4.78, 5) is 2.26. The molecule has 0 fully saturated rings. The summed E-state index contributed by atoms with van der Waals surface area (Å²) < 4.78 is 18.4. The van der Waals surface area contributed by atoms with E-state index in [0.29, 0.717) is 6.04 Å². The van der Waals surface area contributed by atoms with E-state index in [1.54, 1.807) is 19.2 Å². The van der Waals surface area contributed by atoms with Gasteiger partial charge < -0.3 is 15.0 Å². The molecule has 0 saturated heterocycles. The molecule has 108 valence electrons. The van der Waals surface area contributed by atoms with Crippen molar-refractivity contribution in [1.82, 2.24) is 10.2 Å². The number of rotatable bonds is 8. The molecule has 2 atom stereocenters. The van der Waals surface area contributed by atoms with E-state index >= 15 is 0 Å². The summed E-state index contributed by atoms with van der Waals surface area (Å²) in [6.07, 6.45) is 0.935. The van der Waals surface area contributed by atoms with Crippen molar-refractivity contribution in [1.29, 1.82) is 0 Å². The largest absolute Gasteiger partial charge is 0.383 e. The number of likely N-dealkylation sites (N-methyl/N-ethyl adjacent to an activating group) is 1. The first-order valence-electron chi connectivity index (χ1n) is 6.70. The Hall–Kier alpha value is -0.970. The maximum atomic E-state index is 13.2. The zero-order valence-corrected chi connectivity index (χ0v) is 12.3. The van der Waals surface area contributed by atoms with Gasteiger partial charge in [-0.05, 0) is 45.1 Å². The van der Waals surface area contributed by atoms with Gasteiger partial charge in [-0.3, -0.25) is 0 Å². The van der Waals surface area contributed by atoms with E-state index in [4.69, 9.17) is 4.74 Å². The summed E-state index contributed by atoms with van der Waals surface area (Å²) >= 11 is 0. The van der Waals surface area contributed by atoms with Gasteiger partial charge in [-0.1, -0.05) is 12.1 Å². The first-order chi connectivity index (χ1) is 9.08. The predicted molar refractivity (Wildman–Crippen MR) is 76.8 cm³/mol. The van der Waals surface area contributed by atoms with Gasteiger partial charge in [0.05, 0.1) is 6.61 Å². The second-order valence-corrected chi connectivity index (χ2v) is 4.97. The van der Waals surface area contributed by atoms with Gasteiger partial charge in [0.15, 0.2) is 0 Å². The molecule has 3 nitrogen and oxygen atoms in total. The van der Waals surface area contributed by atoms with E-state index in [2.05, 4.69) is 24.2 Å². The number of hydrogen-bond donors (Lipinski definition) is 1. The fraction of sp³-hybridized carbons (Fsp3) is 0.600. The molecule has 2 unspecified atom stereocenters. The van der Waals surface area contributed by atoms with Crippen LogP contribution in [0.15, 0.2) is 24.3 Å². The van der Waals surface area contributed by atoms with E-state index in [-0.39, 0.29) is 11.9 Å². The molecule has 0 aliphatic carbocycles. The van der Waals surface area contributed by atoms with Crippen molar-refractivity contribution >= 4 is 0 Å². The Labute approximate surface area is 115 Å². The van der Waals surface area contributed by atoms with Crippen LogP contribution >= 0.6 is 0 Å². The van der Waals surface area contributed by atoms with E-state index < -0.39 is 0 Å². The molecule has 0 bridgehead atoms. The first-order valence-corrected chi connectivity index (χ1v) is 6.70. The van der Waals surface area contributed by atoms with Gasteiger partial charge in [0, 0.05) is 25.7 Å². The zero-order chi connectivity index (χ0) is 14.3. The molecule has 0 saturated carbocycles. The van der Waals surface area contributed by atoms with Crippen molar-refractivity contribution < 1.29 is 9.13 Å². The molecule has 0 heterocycles. The molecular formula is C15H25FN2O. The van der Waals surface area contributed by atoms with Crippen LogP contribution in [0.25, 0.3) is 0 Å². The van der Waals surface area contributed by atoms with Gasteiger partial charge in [-0.2, -0.15) is 0 Å². The van der Waals surface area contributed by atoms with Crippen LogP contribution in [-0.4, -0.2) is 45.3 Å². The molecule has 0 aromatic heterocycles. The molecular weight excluding hydrogens is 243 g/mol. The average Bonchev–Trinajstić information content (AvgIpc) is 2.39. The summed E-state index contributed by atoms with van der Waals surface area (Å²) in [5.41, 5.74) is 0.996. The van der Waals surface area contributed by atoms with Crippen molar-refractivity contribution in [2.45, 2.75) is 25.4 Å². The number of ether oxygens (including phenoxy) is 1. The van der Waals surface area contributed by atoms with Crippen LogP contribution in [0.4, 0.5) is 4.39 Å². The smallest absolute Gasteiger partial charge is 0.123 e. The number of hydrogen-bond acceptors (Lipinski definition) is 3. The number of methoxy groups -OCH3 is 1. The van der Waals surface area contributed by atoms with Crippen LogP contribution in [0, 0.1) is 5.82 Å². The third-order valence-electron chi connectivity index (χ3n) is 3.53. The predicted octanol–water partition coefficient (Wildman–Crippen LogP) is 2.44. The fourth-order valence-corrected chi connectivity index (χ4v) is 2.12. The Morgan fingerprint density at radius 3 is 2.74 bits per heavy atom. The summed E-state index contributed by atoms with van der Waals surface area (Å²) in [7, 11) is 5.71. The molecule has 0 radical (unpaired) electrons. The minimum absolute atomic E-state index is 0.174. The van der Waals surface area contributed by atoms with E-state index in [1.807, 2.05) is 13.1 Å². The van der Waals surface area contributed by atoms with Crippen LogP contribution < -0.4 is 5.32 Å². The van der Waals surface area contributed by atoms with Crippen molar-refractivity contribution in [2.75, 3.05) is 34.4 Å². The molecule has 0 spiro atoms. The highest BCUT2D eigenvalue weighted by atomic mass is 19.1. The quantitative estimate of drug-likeness (QED) is 0.784. The van der Waals surface area contributed by atoms with Gasteiger partial charge in [0.2, 0.25) is 0 Å². The Morgan fingerprint density at radius 2 is 2.16 bits per heavy atom. The molecule has 1 N–H and O–H groups in total. The van der Waals surface area contributed by atoms with Gasteiger partial charge >= 0.3 is 0 Å². The van der Waals surface area contributed by atoms with E-state index in [0.717, 1.165) is 25.1 Å². The maximum absolute atomic E-state index is 13.2. The van der Waals surface area contributed by atoms with Crippen molar-refractivity contribution in [3.05, 3.63) is 35.6 Å². The minimum Gasteiger partial charge on any atom is -0.383 e. The van der Waals surface area contributed by atoms with Crippen LogP contribution in [0.1, 0.15) is 24.9 Å². The van der Waals surface area contributed by atoms with Crippen LogP contribution in [-0.2, 0) is 4.74 Å². The Kier molecular flexibility index (Phi) is 6.99. The maximum Gasteiger partial charge on any atom is 0.123 e. The molecule has 0 amide bonds. The van der Waals surface area contributed by atoms with Crippen LogP contribution in [0.5, 0.6) is 0 Å². The van der Waals surface area contributed by atoms with E-state index in [1.165, 1.54) is 6.07 Å². The van der Waals surface area contributed by atoms with E-state index in [9.17, 15) is 4.39 Å². The Bertz CT molecular complexity index is 373. The topological polar surface area (TPSA) is 24.5 Å². The SMILES string of the molecule is CNC(CCN(C)C(C)COC)c1cccc(F)c1. The summed E-state index contributed by atoms with van der Waals surface area (Å²) in [5.74, 6) is -0.182. The highest BCUT2D eigenvalue weighted by Gasteiger charge is 2.13. The van der Waals surface area contributed by atoms with Crippen LogP contribution in [0.2, 0.25) is 0 Å². The molecule has 0 aliphatic heterocycles. The number of nitrogens with zero attached hydrogens (tertiary/aromatic N) is 1.